The number of amides is 2. The van der Waals surface area contributed by atoms with Gasteiger partial charge >= 0.3 is 0 Å². The zero-order chi connectivity index (χ0) is 16.2. The average molecular weight is 308 g/mol. The van der Waals surface area contributed by atoms with Crippen LogP contribution in [0.3, 0.4) is 0 Å². The second-order valence-electron chi connectivity index (χ2n) is 5.53. The van der Waals surface area contributed by atoms with Gasteiger partial charge in [0.2, 0.25) is 5.91 Å². The molecule has 0 aliphatic carbocycles. The Morgan fingerprint density at radius 2 is 2.17 bits per heavy atom. The predicted molar refractivity (Wildman–Crippen MR) is 84.7 cm³/mol. The zero-order valence-electron chi connectivity index (χ0n) is 12.5. The van der Waals surface area contributed by atoms with Crippen molar-refractivity contribution >= 4 is 17.5 Å². The van der Waals surface area contributed by atoms with Gasteiger partial charge in [0, 0.05) is 37.3 Å². The lowest BCUT2D eigenvalue weighted by Crippen LogP contribution is -2.31. The fourth-order valence-electron chi connectivity index (χ4n) is 2.70. The molecule has 1 aliphatic heterocycles. The predicted octanol–water partition coefficient (Wildman–Crippen LogP) is 1.67. The summed E-state index contributed by atoms with van der Waals surface area (Å²) < 4.78 is 0. The molecule has 1 fully saturated rings. The van der Waals surface area contributed by atoms with Crippen molar-refractivity contribution in [2.75, 3.05) is 18.0 Å². The van der Waals surface area contributed by atoms with Crippen LogP contribution >= 0.6 is 0 Å². The van der Waals surface area contributed by atoms with E-state index in [0.717, 1.165) is 5.69 Å². The summed E-state index contributed by atoms with van der Waals surface area (Å²) in [5, 5.41) is 11.6. The first-order chi connectivity index (χ1) is 11.2. The smallest absolute Gasteiger partial charge is 0.267 e. The van der Waals surface area contributed by atoms with Crippen molar-refractivity contribution in [3.63, 3.8) is 0 Å². The molecule has 2 heterocycles. The van der Waals surface area contributed by atoms with Gasteiger partial charge in [-0.25, -0.2) is 0 Å². The van der Waals surface area contributed by atoms with E-state index in [-0.39, 0.29) is 17.7 Å². The number of aromatic amines is 1. The van der Waals surface area contributed by atoms with Crippen molar-refractivity contribution < 1.29 is 9.59 Å². The van der Waals surface area contributed by atoms with Crippen molar-refractivity contribution in [2.24, 2.45) is 5.92 Å². The highest BCUT2D eigenvalue weighted by Crippen LogP contribution is 2.24. The molecule has 1 aromatic heterocycles. The summed E-state index contributed by atoms with van der Waals surface area (Å²) in [6.07, 6.45) is 1.91. The molecule has 116 valence electrons. The Hall–Kier alpha value is -3.07. The minimum atomic E-state index is -0.267. The lowest BCUT2D eigenvalue weighted by Gasteiger charge is -2.16. The fraction of sp³-hybridized carbons (Fsp3) is 0.235. The summed E-state index contributed by atoms with van der Waals surface area (Å²) in [6.45, 7) is 1.02. The minimum absolute atomic E-state index is 0.0714. The van der Waals surface area contributed by atoms with Gasteiger partial charge in [-0.15, -0.1) is 0 Å². The maximum Gasteiger partial charge on any atom is 0.267 e. The SMILES string of the molecule is N#Cc1c[nH]c(C(=O)NC[C@H]2CC(=O)N(c3ccccc3)C2)c1. The molecule has 6 nitrogen and oxygen atoms in total. The number of para-hydroxylation sites is 1. The third kappa shape index (κ3) is 3.24. The Balaban J connectivity index is 1.57. The lowest BCUT2D eigenvalue weighted by atomic mass is 10.1. The summed E-state index contributed by atoms with van der Waals surface area (Å²) in [6, 6.07) is 13.0. The molecule has 23 heavy (non-hydrogen) atoms. The van der Waals surface area contributed by atoms with E-state index in [0.29, 0.717) is 30.8 Å². The fourth-order valence-corrected chi connectivity index (χ4v) is 2.70. The van der Waals surface area contributed by atoms with Gasteiger partial charge in [0.15, 0.2) is 0 Å². The Labute approximate surface area is 133 Å². The monoisotopic (exact) mass is 308 g/mol. The molecule has 2 amide bonds. The summed E-state index contributed by atoms with van der Waals surface area (Å²) in [4.78, 5) is 28.6. The quantitative estimate of drug-likeness (QED) is 0.900. The van der Waals surface area contributed by atoms with E-state index in [4.69, 9.17) is 5.26 Å². The Morgan fingerprint density at radius 1 is 1.39 bits per heavy atom. The van der Waals surface area contributed by atoms with Crippen LogP contribution in [0.1, 0.15) is 22.5 Å². The summed E-state index contributed by atoms with van der Waals surface area (Å²) in [5.41, 5.74) is 1.65. The standard InChI is InChI=1S/C17H16N4O2/c18-8-12-6-15(19-9-12)17(23)20-10-13-7-16(22)21(11-13)14-4-2-1-3-5-14/h1-6,9,13,19H,7,10-11H2,(H,20,23)/t13-/m1/s1. The van der Waals surface area contributed by atoms with Crippen LogP contribution in [0.2, 0.25) is 0 Å². The maximum atomic E-state index is 12.1. The molecule has 0 bridgehead atoms. The number of nitrogens with zero attached hydrogens (tertiary/aromatic N) is 2. The van der Waals surface area contributed by atoms with Crippen molar-refractivity contribution in [2.45, 2.75) is 6.42 Å². The molecule has 0 unspecified atom stereocenters. The molecule has 2 N–H and O–H groups in total. The first kappa shape index (κ1) is 14.9. The van der Waals surface area contributed by atoms with Gasteiger partial charge in [0.25, 0.3) is 5.91 Å². The molecule has 0 radical (unpaired) electrons. The van der Waals surface area contributed by atoms with Crippen molar-refractivity contribution in [1.29, 1.82) is 5.26 Å². The van der Waals surface area contributed by atoms with Gasteiger partial charge in [0.1, 0.15) is 11.8 Å². The van der Waals surface area contributed by atoms with Crippen LogP contribution in [-0.2, 0) is 4.79 Å². The maximum absolute atomic E-state index is 12.1. The largest absolute Gasteiger partial charge is 0.356 e. The van der Waals surface area contributed by atoms with E-state index in [1.807, 2.05) is 36.4 Å². The number of hydrogen-bond acceptors (Lipinski definition) is 3. The van der Waals surface area contributed by atoms with Crippen molar-refractivity contribution in [3.05, 3.63) is 53.9 Å². The van der Waals surface area contributed by atoms with E-state index < -0.39 is 0 Å². The highest BCUT2D eigenvalue weighted by Gasteiger charge is 2.30. The number of rotatable bonds is 4. The van der Waals surface area contributed by atoms with Crippen LogP contribution in [0.4, 0.5) is 5.69 Å². The summed E-state index contributed by atoms with van der Waals surface area (Å²) in [5.74, 6) is -0.115. The van der Waals surface area contributed by atoms with Crippen molar-refractivity contribution in [3.8, 4) is 6.07 Å². The number of carbonyl (C=O) groups excluding carboxylic acids is 2. The molecule has 2 aromatic rings. The second-order valence-corrected chi connectivity index (χ2v) is 5.53. The first-order valence-electron chi connectivity index (χ1n) is 7.39. The van der Waals surface area contributed by atoms with Gasteiger partial charge in [-0.3, -0.25) is 9.59 Å². The first-order valence-corrected chi connectivity index (χ1v) is 7.39. The van der Waals surface area contributed by atoms with Crippen LogP contribution in [-0.4, -0.2) is 29.9 Å². The van der Waals surface area contributed by atoms with Crippen LogP contribution in [0, 0.1) is 17.2 Å². The van der Waals surface area contributed by atoms with Gasteiger partial charge in [-0.1, -0.05) is 18.2 Å². The number of aromatic nitrogens is 1. The Kier molecular flexibility index (Phi) is 4.11. The highest BCUT2D eigenvalue weighted by molar-refractivity contribution is 5.96. The second kappa shape index (κ2) is 6.36. The summed E-state index contributed by atoms with van der Waals surface area (Å²) >= 11 is 0. The van der Waals surface area contributed by atoms with Crippen LogP contribution in [0.15, 0.2) is 42.6 Å². The van der Waals surface area contributed by atoms with E-state index in [1.165, 1.54) is 12.3 Å². The molecule has 0 spiro atoms. The van der Waals surface area contributed by atoms with Gasteiger partial charge in [-0.05, 0) is 18.2 Å². The number of carbonyl (C=O) groups is 2. The average Bonchev–Trinajstić information content (AvgIpc) is 3.20. The minimum Gasteiger partial charge on any atom is -0.356 e. The highest BCUT2D eigenvalue weighted by atomic mass is 16.2. The molecule has 0 saturated carbocycles. The van der Waals surface area contributed by atoms with E-state index in [1.54, 1.807) is 4.90 Å². The van der Waals surface area contributed by atoms with Crippen molar-refractivity contribution in [1.82, 2.24) is 10.3 Å². The van der Waals surface area contributed by atoms with Gasteiger partial charge in [-0.2, -0.15) is 5.26 Å². The zero-order valence-corrected chi connectivity index (χ0v) is 12.5. The molecule has 1 aromatic carbocycles. The summed E-state index contributed by atoms with van der Waals surface area (Å²) in [7, 11) is 0. The third-order valence-corrected chi connectivity index (χ3v) is 3.88. The van der Waals surface area contributed by atoms with E-state index in [9.17, 15) is 9.59 Å². The van der Waals surface area contributed by atoms with Crippen LogP contribution < -0.4 is 10.2 Å². The number of nitriles is 1. The topological polar surface area (TPSA) is 89.0 Å². The molecule has 1 saturated heterocycles. The number of benzene rings is 1. The number of anilines is 1. The molecule has 1 aliphatic rings. The third-order valence-electron chi connectivity index (χ3n) is 3.88. The van der Waals surface area contributed by atoms with Gasteiger partial charge in [0.05, 0.1) is 5.56 Å². The normalized spacial score (nSPS) is 17.1. The van der Waals surface area contributed by atoms with Crippen LogP contribution in [0.25, 0.3) is 0 Å². The van der Waals surface area contributed by atoms with E-state index >= 15 is 0 Å². The Bertz CT molecular complexity index is 760. The number of H-pyrrole nitrogens is 1. The Morgan fingerprint density at radius 3 is 2.87 bits per heavy atom. The van der Waals surface area contributed by atoms with E-state index in [2.05, 4.69) is 10.3 Å². The molecule has 3 rings (SSSR count). The molecular weight excluding hydrogens is 292 g/mol. The van der Waals surface area contributed by atoms with Crippen LogP contribution in [0.5, 0.6) is 0 Å². The molecule has 6 heteroatoms. The molecule has 1 atom stereocenters. The number of nitrogens with one attached hydrogen (secondary N) is 2. The number of hydrogen-bond donors (Lipinski definition) is 2. The lowest BCUT2D eigenvalue weighted by molar-refractivity contribution is -0.117. The van der Waals surface area contributed by atoms with Gasteiger partial charge < -0.3 is 15.2 Å². The molecular formula is C17H16N4O2.